The molecule has 3 rings (SSSR count). The minimum atomic E-state index is 0.768. The first-order valence-corrected chi connectivity index (χ1v) is 8.55. The summed E-state index contributed by atoms with van der Waals surface area (Å²) in [6.45, 7) is 4.80. The Morgan fingerprint density at radius 3 is 2.40 bits per heavy atom. The van der Waals surface area contributed by atoms with Crippen LogP contribution in [-0.2, 0) is 0 Å². The van der Waals surface area contributed by atoms with Crippen molar-refractivity contribution in [3.63, 3.8) is 0 Å². The molecule has 20 heavy (non-hydrogen) atoms. The molecule has 0 aromatic heterocycles. The van der Waals surface area contributed by atoms with E-state index in [0.717, 1.165) is 29.8 Å². The topological polar surface area (TPSA) is 12.0 Å². The van der Waals surface area contributed by atoms with Crippen molar-refractivity contribution in [2.45, 2.75) is 70.4 Å². The summed E-state index contributed by atoms with van der Waals surface area (Å²) in [5, 5.41) is 3.99. The lowest BCUT2D eigenvalue weighted by Gasteiger charge is -2.43. The van der Waals surface area contributed by atoms with Crippen LogP contribution in [0, 0.1) is 11.8 Å². The van der Waals surface area contributed by atoms with Crippen molar-refractivity contribution in [3.8, 4) is 0 Å². The summed E-state index contributed by atoms with van der Waals surface area (Å²) in [5.41, 5.74) is 1.54. The minimum absolute atomic E-state index is 0.768. The first-order chi connectivity index (χ1) is 9.74. The Bertz CT molecular complexity index is 405. The lowest BCUT2D eigenvalue weighted by atomic mass is 9.73. The van der Waals surface area contributed by atoms with Crippen LogP contribution in [-0.4, -0.2) is 12.1 Å². The summed E-state index contributed by atoms with van der Waals surface area (Å²) in [6, 6.07) is 12.6. The van der Waals surface area contributed by atoms with Gasteiger partial charge in [0.1, 0.15) is 0 Å². The monoisotopic (exact) mass is 271 g/mol. The molecule has 0 saturated heterocycles. The lowest BCUT2D eigenvalue weighted by molar-refractivity contribution is 0.160. The van der Waals surface area contributed by atoms with Crippen molar-refractivity contribution < 1.29 is 0 Å². The van der Waals surface area contributed by atoms with Crippen LogP contribution in [0.5, 0.6) is 0 Å². The molecule has 1 N–H and O–H groups in total. The van der Waals surface area contributed by atoms with Crippen LogP contribution in [0.2, 0.25) is 0 Å². The fraction of sp³-hybridized carbons (Fsp3) is 0.684. The van der Waals surface area contributed by atoms with Gasteiger partial charge in [-0.05, 0) is 49.0 Å². The highest BCUT2D eigenvalue weighted by atomic mass is 15.0. The standard InChI is InChI=1S/C19H29N/c1-14(2)18-10-6-7-11-19(18)20-17-12-16(13-17)15-8-4-3-5-9-15/h3-5,8-9,14,16-20H,6-7,10-13H2,1-2H3. The summed E-state index contributed by atoms with van der Waals surface area (Å²) in [4.78, 5) is 0. The molecule has 0 bridgehead atoms. The van der Waals surface area contributed by atoms with Gasteiger partial charge in [0.2, 0.25) is 0 Å². The summed E-state index contributed by atoms with van der Waals surface area (Å²) in [6.07, 6.45) is 8.38. The van der Waals surface area contributed by atoms with Crippen molar-refractivity contribution in [1.82, 2.24) is 5.32 Å². The molecule has 1 aromatic rings. The molecule has 2 saturated carbocycles. The average molecular weight is 271 g/mol. The van der Waals surface area contributed by atoms with E-state index in [-0.39, 0.29) is 0 Å². The molecule has 0 heterocycles. The van der Waals surface area contributed by atoms with Crippen LogP contribution in [0.15, 0.2) is 30.3 Å². The summed E-state index contributed by atoms with van der Waals surface area (Å²) >= 11 is 0. The molecule has 2 fully saturated rings. The molecule has 110 valence electrons. The maximum atomic E-state index is 3.99. The Morgan fingerprint density at radius 2 is 1.70 bits per heavy atom. The summed E-state index contributed by atoms with van der Waals surface area (Å²) in [7, 11) is 0. The first kappa shape index (κ1) is 14.1. The second-order valence-electron chi connectivity index (χ2n) is 7.24. The van der Waals surface area contributed by atoms with E-state index in [4.69, 9.17) is 0 Å². The van der Waals surface area contributed by atoms with Gasteiger partial charge in [0, 0.05) is 12.1 Å². The fourth-order valence-corrected chi connectivity index (χ4v) is 4.22. The number of benzene rings is 1. The normalized spacial score (nSPS) is 34.0. The molecule has 0 amide bonds. The summed E-state index contributed by atoms with van der Waals surface area (Å²) < 4.78 is 0. The van der Waals surface area contributed by atoms with Crippen LogP contribution in [0.3, 0.4) is 0 Å². The molecular weight excluding hydrogens is 242 g/mol. The Hall–Kier alpha value is -0.820. The molecule has 2 aliphatic rings. The van der Waals surface area contributed by atoms with Gasteiger partial charge >= 0.3 is 0 Å². The fourth-order valence-electron chi connectivity index (χ4n) is 4.22. The van der Waals surface area contributed by atoms with E-state index in [0.29, 0.717) is 0 Å². The number of hydrogen-bond donors (Lipinski definition) is 1. The van der Waals surface area contributed by atoms with Gasteiger partial charge in [-0.1, -0.05) is 57.0 Å². The van der Waals surface area contributed by atoms with Crippen molar-refractivity contribution >= 4 is 0 Å². The smallest absolute Gasteiger partial charge is 0.0100 e. The third-order valence-corrected chi connectivity index (χ3v) is 5.53. The molecule has 0 radical (unpaired) electrons. The highest BCUT2D eigenvalue weighted by Gasteiger charge is 2.35. The molecule has 1 heteroatoms. The zero-order valence-corrected chi connectivity index (χ0v) is 13.0. The third-order valence-electron chi connectivity index (χ3n) is 5.53. The average Bonchev–Trinajstić information content (AvgIpc) is 2.43. The highest BCUT2D eigenvalue weighted by molar-refractivity contribution is 5.22. The van der Waals surface area contributed by atoms with Crippen molar-refractivity contribution in [1.29, 1.82) is 0 Å². The molecule has 1 nitrogen and oxygen atoms in total. The minimum Gasteiger partial charge on any atom is -0.311 e. The molecule has 2 atom stereocenters. The van der Waals surface area contributed by atoms with Gasteiger partial charge < -0.3 is 5.32 Å². The van der Waals surface area contributed by atoms with E-state index in [1.54, 1.807) is 0 Å². The van der Waals surface area contributed by atoms with Gasteiger partial charge in [0.25, 0.3) is 0 Å². The van der Waals surface area contributed by atoms with Gasteiger partial charge in [-0.3, -0.25) is 0 Å². The van der Waals surface area contributed by atoms with Gasteiger partial charge in [-0.15, -0.1) is 0 Å². The predicted octanol–water partition coefficient (Wildman–Crippen LogP) is 4.74. The Kier molecular flexibility index (Phi) is 4.45. The second-order valence-corrected chi connectivity index (χ2v) is 7.24. The molecule has 1 aromatic carbocycles. The van der Waals surface area contributed by atoms with Crippen molar-refractivity contribution in [2.24, 2.45) is 11.8 Å². The second kappa shape index (κ2) is 6.30. The molecular formula is C19H29N. The molecule has 2 aliphatic carbocycles. The summed E-state index contributed by atoms with van der Waals surface area (Å²) in [5.74, 6) is 2.53. The first-order valence-electron chi connectivity index (χ1n) is 8.55. The predicted molar refractivity (Wildman–Crippen MR) is 85.9 cm³/mol. The molecule has 0 aliphatic heterocycles. The molecule has 0 spiro atoms. The van der Waals surface area contributed by atoms with Crippen LogP contribution < -0.4 is 5.32 Å². The Balaban J connectivity index is 1.50. The van der Waals surface area contributed by atoms with Crippen molar-refractivity contribution in [2.75, 3.05) is 0 Å². The number of rotatable bonds is 4. The third kappa shape index (κ3) is 3.09. The van der Waals surface area contributed by atoms with Crippen LogP contribution in [0.4, 0.5) is 0 Å². The quantitative estimate of drug-likeness (QED) is 0.834. The van der Waals surface area contributed by atoms with Crippen molar-refractivity contribution in [3.05, 3.63) is 35.9 Å². The van der Waals surface area contributed by atoms with E-state index >= 15 is 0 Å². The SMILES string of the molecule is CC(C)C1CCCCC1NC1CC(c2ccccc2)C1. The van der Waals surface area contributed by atoms with Crippen LogP contribution >= 0.6 is 0 Å². The largest absolute Gasteiger partial charge is 0.311 e. The lowest BCUT2D eigenvalue weighted by Crippen LogP contribution is -2.50. The number of hydrogen-bond acceptors (Lipinski definition) is 1. The maximum absolute atomic E-state index is 3.99. The van der Waals surface area contributed by atoms with E-state index in [1.165, 1.54) is 44.1 Å². The van der Waals surface area contributed by atoms with Gasteiger partial charge in [0.05, 0.1) is 0 Å². The van der Waals surface area contributed by atoms with E-state index < -0.39 is 0 Å². The number of nitrogens with one attached hydrogen (secondary N) is 1. The van der Waals surface area contributed by atoms with Gasteiger partial charge in [-0.2, -0.15) is 0 Å². The Morgan fingerprint density at radius 1 is 1.00 bits per heavy atom. The van der Waals surface area contributed by atoms with E-state index in [2.05, 4.69) is 49.5 Å². The molecule has 2 unspecified atom stereocenters. The van der Waals surface area contributed by atoms with E-state index in [1.807, 2.05) is 0 Å². The van der Waals surface area contributed by atoms with Gasteiger partial charge in [0.15, 0.2) is 0 Å². The highest BCUT2D eigenvalue weighted by Crippen LogP contribution is 2.39. The maximum Gasteiger partial charge on any atom is 0.0100 e. The zero-order chi connectivity index (χ0) is 13.9. The van der Waals surface area contributed by atoms with Gasteiger partial charge in [-0.25, -0.2) is 0 Å². The zero-order valence-electron chi connectivity index (χ0n) is 13.0. The van der Waals surface area contributed by atoms with Crippen LogP contribution in [0.1, 0.15) is 63.9 Å². The Labute approximate surface area is 124 Å². The van der Waals surface area contributed by atoms with E-state index in [9.17, 15) is 0 Å². The van der Waals surface area contributed by atoms with Crippen LogP contribution in [0.25, 0.3) is 0 Å².